The zero-order chi connectivity index (χ0) is 21.6. The van der Waals surface area contributed by atoms with E-state index in [2.05, 4.69) is 20.3 Å². The van der Waals surface area contributed by atoms with E-state index in [1.165, 1.54) is 6.26 Å². The Kier molecular flexibility index (Phi) is 8.14. The van der Waals surface area contributed by atoms with E-state index >= 15 is 0 Å². The lowest BCUT2D eigenvalue weighted by Gasteiger charge is -2.36. The van der Waals surface area contributed by atoms with Crippen LogP contribution in [0.4, 0.5) is 0 Å². The fourth-order valence-electron chi connectivity index (χ4n) is 3.51. The van der Waals surface area contributed by atoms with Gasteiger partial charge in [0.1, 0.15) is 5.75 Å². The summed E-state index contributed by atoms with van der Waals surface area (Å²) in [5.41, 5.74) is 1.87. The number of rotatable bonds is 5. The van der Waals surface area contributed by atoms with Gasteiger partial charge in [-0.1, -0.05) is 0 Å². The van der Waals surface area contributed by atoms with Crippen molar-refractivity contribution in [1.29, 1.82) is 0 Å². The third-order valence-electron chi connectivity index (χ3n) is 5.22. The van der Waals surface area contributed by atoms with Gasteiger partial charge in [-0.2, -0.15) is 5.10 Å². The van der Waals surface area contributed by atoms with E-state index in [1.807, 2.05) is 41.2 Å². The van der Waals surface area contributed by atoms with Crippen LogP contribution in [0.1, 0.15) is 16.2 Å². The van der Waals surface area contributed by atoms with Crippen LogP contribution in [0, 0.1) is 0 Å². The number of aliphatic imine (C=N–C) groups is 1. The van der Waals surface area contributed by atoms with Gasteiger partial charge < -0.3 is 24.3 Å². The van der Waals surface area contributed by atoms with Crippen molar-refractivity contribution < 1.29 is 13.9 Å². The number of benzene rings is 1. The van der Waals surface area contributed by atoms with Crippen molar-refractivity contribution in [3.8, 4) is 11.4 Å². The van der Waals surface area contributed by atoms with Gasteiger partial charge in [-0.25, -0.2) is 4.68 Å². The van der Waals surface area contributed by atoms with Gasteiger partial charge in [-0.15, -0.1) is 24.0 Å². The molecule has 32 heavy (non-hydrogen) atoms. The number of amides is 1. The van der Waals surface area contributed by atoms with Crippen molar-refractivity contribution in [3.05, 3.63) is 66.4 Å². The number of methoxy groups -OCH3 is 1. The zero-order valence-electron chi connectivity index (χ0n) is 18.1. The highest BCUT2D eigenvalue weighted by molar-refractivity contribution is 14.0. The molecule has 9 nitrogen and oxygen atoms in total. The molecule has 1 saturated heterocycles. The van der Waals surface area contributed by atoms with Crippen molar-refractivity contribution in [2.24, 2.45) is 4.99 Å². The van der Waals surface area contributed by atoms with E-state index in [0.29, 0.717) is 38.5 Å². The number of hydrogen-bond acceptors (Lipinski definition) is 5. The molecule has 3 aromatic rings. The largest absolute Gasteiger partial charge is 0.497 e. The maximum Gasteiger partial charge on any atom is 0.289 e. The summed E-state index contributed by atoms with van der Waals surface area (Å²) in [5, 5.41) is 8.00. The Labute approximate surface area is 204 Å². The summed E-state index contributed by atoms with van der Waals surface area (Å²) < 4.78 is 12.3. The lowest BCUT2D eigenvalue weighted by molar-refractivity contribution is 0.0657. The number of nitrogens with zero attached hydrogens (tertiary/aromatic N) is 5. The van der Waals surface area contributed by atoms with Gasteiger partial charge >= 0.3 is 0 Å². The molecule has 0 spiro atoms. The van der Waals surface area contributed by atoms with Gasteiger partial charge in [0, 0.05) is 39.4 Å². The SMILES string of the molecule is CN=C(NCc1ccn(-c2ccc(OC)cc2)n1)N1CCN(C(=O)c2ccco2)CC1.I. The summed E-state index contributed by atoms with van der Waals surface area (Å²) in [6.45, 7) is 3.19. The minimum Gasteiger partial charge on any atom is -0.497 e. The quantitative estimate of drug-likeness (QED) is 0.299. The summed E-state index contributed by atoms with van der Waals surface area (Å²) in [4.78, 5) is 20.8. The Balaban J connectivity index is 0.00000289. The molecule has 2 aromatic heterocycles. The van der Waals surface area contributed by atoms with Crippen LogP contribution in [-0.4, -0.2) is 71.8 Å². The second kappa shape index (κ2) is 11.0. The monoisotopic (exact) mass is 550 g/mol. The molecule has 0 saturated carbocycles. The number of carbonyl (C=O) groups is 1. The zero-order valence-corrected chi connectivity index (χ0v) is 20.4. The number of guanidine groups is 1. The summed E-state index contributed by atoms with van der Waals surface area (Å²) in [7, 11) is 3.41. The number of carbonyl (C=O) groups excluding carboxylic acids is 1. The predicted octanol–water partition coefficient (Wildman–Crippen LogP) is 2.63. The maximum absolute atomic E-state index is 12.4. The summed E-state index contributed by atoms with van der Waals surface area (Å²) in [6.07, 6.45) is 3.45. The highest BCUT2D eigenvalue weighted by Gasteiger charge is 2.25. The predicted molar refractivity (Wildman–Crippen MR) is 132 cm³/mol. The fourth-order valence-corrected chi connectivity index (χ4v) is 3.51. The van der Waals surface area contributed by atoms with Gasteiger partial charge in [0.15, 0.2) is 11.7 Å². The topological polar surface area (TPSA) is 88.1 Å². The van der Waals surface area contributed by atoms with Crippen LogP contribution in [0.15, 0.2) is 64.3 Å². The Morgan fingerprint density at radius 1 is 1.12 bits per heavy atom. The minimum atomic E-state index is -0.0725. The first-order chi connectivity index (χ1) is 15.2. The molecule has 1 aromatic carbocycles. The average Bonchev–Trinajstić information content (AvgIpc) is 3.52. The summed E-state index contributed by atoms with van der Waals surface area (Å²) >= 11 is 0. The molecule has 1 aliphatic heterocycles. The summed E-state index contributed by atoms with van der Waals surface area (Å²) in [5.74, 6) is 1.91. The number of aromatic nitrogens is 2. The normalized spacial score (nSPS) is 14.1. The lowest BCUT2D eigenvalue weighted by atomic mass is 10.3. The molecule has 0 unspecified atom stereocenters. The third kappa shape index (κ3) is 5.42. The van der Waals surface area contributed by atoms with Gasteiger partial charge in [-0.3, -0.25) is 9.79 Å². The first kappa shape index (κ1) is 23.6. The van der Waals surface area contributed by atoms with E-state index in [1.54, 1.807) is 31.2 Å². The van der Waals surface area contributed by atoms with Crippen LogP contribution >= 0.6 is 24.0 Å². The Morgan fingerprint density at radius 2 is 1.84 bits per heavy atom. The molecular formula is C22H27IN6O3. The highest BCUT2D eigenvalue weighted by Crippen LogP contribution is 2.15. The number of hydrogen-bond donors (Lipinski definition) is 1. The molecule has 3 heterocycles. The van der Waals surface area contributed by atoms with Gasteiger partial charge in [0.2, 0.25) is 0 Å². The van der Waals surface area contributed by atoms with Crippen LogP contribution in [-0.2, 0) is 6.54 Å². The molecule has 0 aliphatic carbocycles. The minimum absolute atomic E-state index is 0. The van der Waals surface area contributed by atoms with Gasteiger partial charge in [-0.05, 0) is 42.5 Å². The molecular weight excluding hydrogens is 523 g/mol. The lowest BCUT2D eigenvalue weighted by Crippen LogP contribution is -2.53. The van der Waals surface area contributed by atoms with Crippen LogP contribution in [0.25, 0.3) is 5.69 Å². The van der Waals surface area contributed by atoms with Crippen molar-refractivity contribution in [2.45, 2.75) is 6.54 Å². The first-order valence-corrected chi connectivity index (χ1v) is 10.2. The maximum atomic E-state index is 12.4. The van der Waals surface area contributed by atoms with E-state index in [4.69, 9.17) is 9.15 Å². The van der Waals surface area contributed by atoms with Crippen LogP contribution < -0.4 is 10.1 Å². The van der Waals surface area contributed by atoms with Crippen LogP contribution in [0.2, 0.25) is 0 Å². The highest BCUT2D eigenvalue weighted by atomic mass is 127. The van der Waals surface area contributed by atoms with Crippen molar-refractivity contribution in [2.75, 3.05) is 40.3 Å². The Morgan fingerprint density at radius 3 is 2.47 bits per heavy atom. The van der Waals surface area contributed by atoms with Crippen molar-refractivity contribution >= 4 is 35.8 Å². The summed E-state index contributed by atoms with van der Waals surface area (Å²) in [6, 6.07) is 13.1. The number of furan rings is 1. The standard InChI is InChI=1S/C22H26N6O3.HI/c1-23-22(27-13-11-26(12-14-27)21(29)20-4-3-15-31-20)24-16-17-9-10-28(25-17)18-5-7-19(30-2)8-6-18;/h3-10,15H,11-14,16H2,1-2H3,(H,23,24);1H. The molecule has 1 aliphatic rings. The molecule has 1 amide bonds. The molecule has 10 heteroatoms. The van der Waals surface area contributed by atoms with Crippen LogP contribution in [0.3, 0.4) is 0 Å². The van der Waals surface area contributed by atoms with Gasteiger partial charge in [0.25, 0.3) is 5.91 Å². The number of piperazine rings is 1. The van der Waals surface area contributed by atoms with E-state index in [9.17, 15) is 4.79 Å². The second-order valence-electron chi connectivity index (χ2n) is 7.11. The molecule has 0 radical (unpaired) electrons. The molecule has 170 valence electrons. The van der Waals surface area contributed by atoms with Gasteiger partial charge in [0.05, 0.1) is 31.3 Å². The third-order valence-corrected chi connectivity index (χ3v) is 5.22. The Hall–Kier alpha value is -3.02. The fraction of sp³-hybridized carbons (Fsp3) is 0.318. The molecule has 0 bridgehead atoms. The van der Waals surface area contributed by atoms with E-state index < -0.39 is 0 Å². The number of nitrogens with one attached hydrogen (secondary N) is 1. The second-order valence-corrected chi connectivity index (χ2v) is 7.11. The number of halogens is 1. The van der Waals surface area contributed by atoms with Crippen molar-refractivity contribution in [1.82, 2.24) is 24.9 Å². The molecule has 1 fully saturated rings. The molecule has 4 rings (SSSR count). The van der Waals surface area contributed by atoms with E-state index in [-0.39, 0.29) is 29.9 Å². The Bertz CT molecular complexity index is 1020. The van der Waals surface area contributed by atoms with Crippen LogP contribution in [0.5, 0.6) is 5.75 Å². The average molecular weight is 550 g/mol. The van der Waals surface area contributed by atoms with Crippen molar-refractivity contribution in [3.63, 3.8) is 0 Å². The first-order valence-electron chi connectivity index (χ1n) is 10.2. The van der Waals surface area contributed by atoms with E-state index in [0.717, 1.165) is 23.1 Å². The smallest absolute Gasteiger partial charge is 0.289 e. The number of ether oxygens (including phenoxy) is 1. The molecule has 1 N–H and O–H groups in total. The molecule has 0 atom stereocenters.